The molecule has 0 spiro atoms. The number of pyridine rings is 1. The fourth-order valence-corrected chi connectivity index (χ4v) is 3.49. The Hall–Kier alpha value is -2.77. The van der Waals surface area contributed by atoms with E-state index >= 15 is 0 Å². The zero-order valence-electron chi connectivity index (χ0n) is 15.4. The van der Waals surface area contributed by atoms with Crippen LogP contribution in [0.1, 0.15) is 18.2 Å². The normalized spacial score (nSPS) is 15.4. The summed E-state index contributed by atoms with van der Waals surface area (Å²) in [5.41, 5.74) is 4.61. The van der Waals surface area contributed by atoms with Crippen LogP contribution in [0, 0.1) is 5.82 Å². The van der Waals surface area contributed by atoms with Crippen LogP contribution in [0.15, 0.2) is 48.8 Å². The number of fused-ring (bicyclic) bond motifs is 1. The molecular formula is C20H21ClFN5O. The van der Waals surface area contributed by atoms with E-state index < -0.39 is 0 Å². The molecule has 1 aliphatic rings. The van der Waals surface area contributed by atoms with Crippen molar-refractivity contribution in [2.75, 3.05) is 13.6 Å². The number of aromatic nitrogens is 3. The first kappa shape index (κ1) is 20.0. The van der Waals surface area contributed by atoms with Gasteiger partial charge in [-0.05, 0) is 42.0 Å². The molecule has 2 N–H and O–H groups in total. The van der Waals surface area contributed by atoms with Gasteiger partial charge in [-0.3, -0.25) is 14.5 Å². The standard InChI is InChI=1S/C20H20FN5O.ClH/c1-22-18(27)10-16-11-24-12-17-19(13-6-8-23-9-7-13)20(25-26(16)17)14-2-4-15(21)5-3-14;/h2-9,16,24H,10-12H2,1H3,(H,22,27);1H. The minimum Gasteiger partial charge on any atom is -0.359 e. The molecule has 1 aromatic carbocycles. The molecule has 0 aliphatic carbocycles. The van der Waals surface area contributed by atoms with E-state index in [-0.39, 0.29) is 30.2 Å². The van der Waals surface area contributed by atoms with Crippen molar-refractivity contribution in [3.05, 3.63) is 60.3 Å². The van der Waals surface area contributed by atoms with Crippen molar-refractivity contribution in [2.45, 2.75) is 19.0 Å². The highest BCUT2D eigenvalue weighted by molar-refractivity contribution is 5.85. The molecule has 8 heteroatoms. The lowest BCUT2D eigenvalue weighted by molar-refractivity contribution is -0.121. The van der Waals surface area contributed by atoms with Gasteiger partial charge in [-0.2, -0.15) is 5.10 Å². The monoisotopic (exact) mass is 401 g/mol. The van der Waals surface area contributed by atoms with Crippen LogP contribution in [0.2, 0.25) is 0 Å². The maximum atomic E-state index is 13.4. The molecule has 0 radical (unpaired) electrons. The van der Waals surface area contributed by atoms with E-state index in [1.165, 1.54) is 12.1 Å². The quantitative estimate of drug-likeness (QED) is 0.705. The number of rotatable bonds is 4. The third kappa shape index (κ3) is 3.76. The Labute approximate surface area is 168 Å². The minimum absolute atomic E-state index is 0. The number of hydrogen-bond donors (Lipinski definition) is 2. The summed E-state index contributed by atoms with van der Waals surface area (Å²) in [6, 6.07) is 10.1. The molecule has 6 nitrogen and oxygen atoms in total. The molecule has 1 unspecified atom stereocenters. The van der Waals surface area contributed by atoms with Crippen LogP contribution in [0.3, 0.4) is 0 Å². The molecule has 4 rings (SSSR count). The first-order valence-electron chi connectivity index (χ1n) is 8.86. The molecule has 3 aromatic rings. The van der Waals surface area contributed by atoms with Crippen molar-refractivity contribution in [3.63, 3.8) is 0 Å². The van der Waals surface area contributed by atoms with Gasteiger partial charge in [0.1, 0.15) is 11.5 Å². The van der Waals surface area contributed by atoms with Crippen LogP contribution in [-0.4, -0.2) is 34.3 Å². The summed E-state index contributed by atoms with van der Waals surface area (Å²) in [5, 5.41) is 10.9. The summed E-state index contributed by atoms with van der Waals surface area (Å²) in [7, 11) is 1.63. The van der Waals surface area contributed by atoms with Gasteiger partial charge in [-0.25, -0.2) is 4.39 Å². The Morgan fingerprint density at radius 3 is 2.61 bits per heavy atom. The highest BCUT2D eigenvalue weighted by atomic mass is 35.5. The Morgan fingerprint density at radius 1 is 1.21 bits per heavy atom. The molecule has 0 fully saturated rings. The van der Waals surface area contributed by atoms with Gasteiger partial charge in [0.15, 0.2) is 0 Å². The highest BCUT2D eigenvalue weighted by Crippen LogP contribution is 2.37. The second-order valence-corrected chi connectivity index (χ2v) is 6.52. The Morgan fingerprint density at radius 2 is 1.93 bits per heavy atom. The third-order valence-electron chi connectivity index (χ3n) is 4.81. The summed E-state index contributed by atoms with van der Waals surface area (Å²) in [6.07, 6.45) is 3.83. The first-order valence-corrected chi connectivity index (χ1v) is 8.86. The third-order valence-corrected chi connectivity index (χ3v) is 4.81. The number of nitrogens with zero attached hydrogens (tertiary/aromatic N) is 3. The van der Waals surface area contributed by atoms with Gasteiger partial charge in [-0.15, -0.1) is 12.4 Å². The summed E-state index contributed by atoms with van der Waals surface area (Å²) in [6.45, 7) is 1.32. The average molecular weight is 402 g/mol. The predicted octanol–water partition coefficient (Wildman–Crippen LogP) is 2.95. The fraction of sp³-hybridized carbons (Fsp3) is 0.250. The molecule has 146 valence electrons. The Balaban J connectivity index is 0.00000225. The van der Waals surface area contributed by atoms with Crippen LogP contribution in [0.25, 0.3) is 22.4 Å². The second-order valence-electron chi connectivity index (χ2n) is 6.52. The summed E-state index contributed by atoms with van der Waals surface area (Å²) in [5.74, 6) is -0.314. The summed E-state index contributed by atoms with van der Waals surface area (Å²) >= 11 is 0. The van der Waals surface area contributed by atoms with Gasteiger partial charge in [0.2, 0.25) is 5.91 Å². The second kappa shape index (κ2) is 8.50. The maximum Gasteiger partial charge on any atom is 0.221 e. The van der Waals surface area contributed by atoms with Crippen LogP contribution in [0.4, 0.5) is 4.39 Å². The smallest absolute Gasteiger partial charge is 0.221 e. The molecule has 0 saturated carbocycles. The molecule has 28 heavy (non-hydrogen) atoms. The van der Waals surface area contributed by atoms with E-state index in [0.29, 0.717) is 19.5 Å². The van der Waals surface area contributed by atoms with E-state index in [0.717, 1.165) is 28.1 Å². The van der Waals surface area contributed by atoms with Crippen LogP contribution >= 0.6 is 12.4 Å². The van der Waals surface area contributed by atoms with Crippen molar-refractivity contribution in [1.29, 1.82) is 0 Å². The maximum absolute atomic E-state index is 13.4. The summed E-state index contributed by atoms with van der Waals surface area (Å²) < 4.78 is 15.4. The van der Waals surface area contributed by atoms with Gasteiger partial charge in [-0.1, -0.05) is 0 Å². The van der Waals surface area contributed by atoms with E-state index in [1.807, 2.05) is 16.8 Å². The largest absolute Gasteiger partial charge is 0.359 e. The number of hydrogen-bond acceptors (Lipinski definition) is 4. The van der Waals surface area contributed by atoms with Crippen molar-refractivity contribution in [3.8, 4) is 22.4 Å². The lowest BCUT2D eigenvalue weighted by Gasteiger charge is -2.25. The van der Waals surface area contributed by atoms with Crippen molar-refractivity contribution in [1.82, 2.24) is 25.4 Å². The summed E-state index contributed by atoms with van der Waals surface area (Å²) in [4.78, 5) is 16.0. The predicted molar refractivity (Wildman–Crippen MR) is 108 cm³/mol. The van der Waals surface area contributed by atoms with E-state index in [1.54, 1.807) is 31.6 Å². The van der Waals surface area contributed by atoms with Gasteiger partial charge < -0.3 is 10.6 Å². The zero-order valence-corrected chi connectivity index (χ0v) is 16.2. The number of nitrogens with one attached hydrogen (secondary N) is 2. The number of carbonyl (C=O) groups is 1. The molecule has 0 bridgehead atoms. The van der Waals surface area contributed by atoms with E-state index in [9.17, 15) is 9.18 Å². The SMILES string of the molecule is CNC(=O)CC1CNCc2c(-c3ccncc3)c(-c3ccc(F)cc3)nn21.Cl. The molecule has 0 saturated heterocycles. The fourth-order valence-electron chi connectivity index (χ4n) is 3.49. The average Bonchev–Trinajstić information content (AvgIpc) is 3.09. The van der Waals surface area contributed by atoms with Gasteiger partial charge in [0.25, 0.3) is 0 Å². The van der Waals surface area contributed by atoms with Crippen LogP contribution in [0.5, 0.6) is 0 Å². The number of carbonyl (C=O) groups excluding carboxylic acids is 1. The molecular weight excluding hydrogens is 381 g/mol. The minimum atomic E-state index is -0.285. The van der Waals surface area contributed by atoms with Gasteiger partial charge in [0.05, 0.1) is 18.2 Å². The lowest BCUT2D eigenvalue weighted by atomic mass is 9.98. The molecule has 3 heterocycles. The first-order chi connectivity index (χ1) is 13.2. The highest BCUT2D eigenvalue weighted by Gasteiger charge is 2.28. The van der Waals surface area contributed by atoms with Crippen molar-refractivity contribution in [2.24, 2.45) is 0 Å². The number of amides is 1. The molecule has 1 atom stereocenters. The lowest BCUT2D eigenvalue weighted by Crippen LogP contribution is -2.36. The topological polar surface area (TPSA) is 71.8 Å². The Bertz CT molecular complexity index is 959. The molecule has 1 amide bonds. The number of benzene rings is 1. The van der Waals surface area contributed by atoms with Crippen LogP contribution in [-0.2, 0) is 11.3 Å². The van der Waals surface area contributed by atoms with Crippen molar-refractivity contribution < 1.29 is 9.18 Å². The molecule has 1 aliphatic heterocycles. The van der Waals surface area contributed by atoms with Crippen molar-refractivity contribution >= 4 is 18.3 Å². The molecule has 2 aromatic heterocycles. The zero-order chi connectivity index (χ0) is 18.8. The van der Waals surface area contributed by atoms with E-state index in [4.69, 9.17) is 5.10 Å². The number of halogens is 2. The van der Waals surface area contributed by atoms with E-state index in [2.05, 4.69) is 15.6 Å². The van der Waals surface area contributed by atoms with Gasteiger partial charge >= 0.3 is 0 Å². The van der Waals surface area contributed by atoms with Gasteiger partial charge in [0, 0.05) is 43.7 Å². The van der Waals surface area contributed by atoms with Crippen LogP contribution < -0.4 is 10.6 Å². The Kier molecular flexibility index (Phi) is 6.06.